The molecule has 2 aromatic carbocycles. The Labute approximate surface area is 186 Å². The van der Waals surface area contributed by atoms with E-state index in [4.69, 9.17) is 18.9 Å². The van der Waals surface area contributed by atoms with Crippen molar-refractivity contribution < 1.29 is 28.5 Å². The van der Waals surface area contributed by atoms with Crippen molar-refractivity contribution in [1.82, 2.24) is 4.57 Å². The number of fused-ring (bicyclic) bond motifs is 2. The van der Waals surface area contributed by atoms with Gasteiger partial charge < -0.3 is 23.5 Å². The third-order valence-corrected chi connectivity index (χ3v) is 5.26. The molecule has 0 saturated heterocycles. The van der Waals surface area contributed by atoms with Crippen LogP contribution in [-0.4, -0.2) is 36.1 Å². The molecule has 1 aliphatic rings. The molecule has 0 fully saturated rings. The van der Waals surface area contributed by atoms with Crippen LogP contribution in [0.25, 0.3) is 17.0 Å². The van der Waals surface area contributed by atoms with E-state index in [1.807, 2.05) is 36.0 Å². The molecule has 1 aromatic heterocycles. The van der Waals surface area contributed by atoms with Crippen molar-refractivity contribution in [3.05, 3.63) is 59.0 Å². The lowest BCUT2D eigenvalue weighted by molar-refractivity contribution is -0.149. The van der Waals surface area contributed by atoms with E-state index in [-0.39, 0.29) is 24.3 Å². The minimum absolute atomic E-state index is 0.200. The summed E-state index contributed by atoms with van der Waals surface area (Å²) < 4.78 is 24.0. The Morgan fingerprint density at radius 3 is 2.72 bits per heavy atom. The van der Waals surface area contributed by atoms with Gasteiger partial charge in [-0.2, -0.15) is 0 Å². The molecule has 0 saturated carbocycles. The summed E-state index contributed by atoms with van der Waals surface area (Å²) in [5.41, 5.74) is 2.98. The number of hydrogen-bond donors (Lipinski definition) is 0. The summed E-state index contributed by atoms with van der Waals surface area (Å²) in [6, 6.07) is 9.13. The molecule has 0 unspecified atom stereocenters. The van der Waals surface area contributed by atoms with E-state index in [1.165, 1.54) is 0 Å². The smallest absolute Gasteiger partial charge is 0.344 e. The first-order valence-electron chi connectivity index (χ1n) is 10.3. The molecule has 0 atom stereocenters. The first-order valence-corrected chi connectivity index (χ1v) is 10.3. The second kappa shape index (κ2) is 8.42. The Balaban J connectivity index is 1.62. The number of esters is 1. The van der Waals surface area contributed by atoms with Crippen LogP contribution >= 0.6 is 0 Å². The molecule has 7 heteroatoms. The lowest BCUT2D eigenvalue weighted by Gasteiger charge is -2.12. The number of carbonyl (C=O) groups is 2. The van der Waals surface area contributed by atoms with Crippen LogP contribution in [0.5, 0.6) is 17.2 Å². The molecule has 0 spiro atoms. The van der Waals surface area contributed by atoms with Crippen molar-refractivity contribution in [3.63, 3.8) is 0 Å². The fourth-order valence-corrected chi connectivity index (χ4v) is 3.74. The van der Waals surface area contributed by atoms with Crippen molar-refractivity contribution >= 4 is 28.7 Å². The standard InChI is InChI=1S/C25H25NO6/c1-14(2)31-23(27)13-30-21-9-7-18-24(28)22(32-25(18)15(21)3)10-16-12-26(4)20-8-6-17(29-5)11-19(16)20/h6-12,14H,13H2,1-5H3/b22-10+. The fourth-order valence-electron chi connectivity index (χ4n) is 3.74. The quantitative estimate of drug-likeness (QED) is 0.421. The lowest BCUT2D eigenvalue weighted by atomic mass is 10.1. The van der Waals surface area contributed by atoms with Gasteiger partial charge in [-0.15, -0.1) is 0 Å². The number of Topliss-reactive ketones (excluding diaryl/α,β-unsaturated/α-hetero) is 1. The lowest BCUT2D eigenvalue weighted by Crippen LogP contribution is -2.19. The summed E-state index contributed by atoms with van der Waals surface area (Å²) in [6.07, 6.45) is 3.47. The Morgan fingerprint density at radius 1 is 1.22 bits per heavy atom. The molecule has 7 nitrogen and oxygen atoms in total. The van der Waals surface area contributed by atoms with Crippen molar-refractivity contribution in [2.75, 3.05) is 13.7 Å². The fraction of sp³-hybridized carbons (Fsp3) is 0.280. The first-order chi connectivity index (χ1) is 15.3. The molecule has 0 aliphatic carbocycles. The second-order valence-corrected chi connectivity index (χ2v) is 7.91. The Bertz CT molecular complexity index is 1250. The molecule has 4 rings (SSSR count). The average molecular weight is 435 g/mol. The zero-order valence-electron chi connectivity index (χ0n) is 18.7. The number of hydrogen-bond acceptors (Lipinski definition) is 6. The van der Waals surface area contributed by atoms with E-state index in [2.05, 4.69) is 0 Å². The predicted molar refractivity (Wildman–Crippen MR) is 120 cm³/mol. The molecule has 1 aliphatic heterocycles. The highest BCUT2D eigenvalue weighted by Crippen LogP contribution is 2.40. The number of allylic oxidation sites excluding steroid dienone is 1. The van der Waals surface area contributed by atoms with Gasteiger partial charge in [-0.1, -0.05) is 0 Å². The second-order valence-electron chi connectivity index (χ2n) is 7.91. The highest BCUT2D eigenvalue weighted by Gasteiger charge is 2.30. The van der Waals surface area contributed by atoms with Gasteiger partial charge in [0.1, 0.15) is 17.2 Å². The number of ether oxygens (including phenoxy) is 4. The molecule has 2 heterocycles. The number of benzene rings is 2. The van der Waals surface area contributed by atoms with Crippen LogP contribution in [0.1, 0.15) is 35.3 Å². The van der Waals surface area contributed by atoms with Crippen molar-refractivity contribution in [2.45, 2.75) is 26.9 Å². The highest BCUT2D eigenvalue weighted by molar-refractivity contribution is 6.15. The zero-order valence-corrected chi connectivity index (χ0v) is 18.7. The van der Waals surface area contributed by atoms with Gasteiger partial charge >= 0.3 is 5.97 Å². The van der Waals surface area contributed by atoms with Crippen LogP contribution in [0.4, 0.5) is 0 Å². The molecule has 0 N–H and O–H groups in total. The maximum Gasteiger partial charge on any atom is 0.344 e. The van der Waals surface area contributed by atoms with Gasteiger partial charge in [0.25, 0.3) is 0 Å². The van der Waals surface area contributed by atoms with Gasteiger partial charge in [0.2, 0.25) is 5.78 Å². The largest absolute Gasteiger partial charge is 0.497 e. The molecular weight excluding hydrogens is 410 g/mol. The van der Waals surface area contributed by atoms with E-state index in [1.54, 1.807) is 46.1 Å². The predicted octanol–water partition coefficient (Wildman–Crippen LogP) is 4.44. The van der Waals surface area contributed by atoms with Gasteiger partial charge in [0.05, 0.1) is 18.8 Å². The molecule has 166 valence electrons. The maximum absolute atomic E-state index is 13.0. The van der Waals surface area contributed by atoms with Crippen molar-refractivity contribution in [1.29, 1.82) is 0 Å². The van der Waals surface area contributed by atoms with Crippen molar-refractivity contribution in [3.8, 4) is 17.2 Å². The van der Waals surface area contributed by atoms with Gasteiger partial charge in [0, 0.05) is 35.3 Å². The van der Waals surface area contributed by atoms with E-state index in [9.17, 15) is 9.59 Å². The van der Waals surface area contributed by atoms with E-state index >= 15 is 0 Å². The summed E-state index contributed by atoms with van der Waals surface area (Å²) >= 11 is 0. The molecule has 0 radical (unpaired) electrons. The number of aryl methyl sites for hydroxylation is 1. The monoisotopic (exact) mass is 435 g/mol. The van der Waals surface area contributed by atoms with Crippen LogP contribution in [0.3, 0.4) is 0 Å². The SMILES string of the molecule is COc1ccc2c(c1)c(/C=C1/Oc3c(ccc(OCC(=O)OC(C)C)c3C)C1=O)cn2C. The summed E-state index contributed by atoms with van der Waals surface area (Å²) in [5, 5.41) is 0.955. The van der Waals surface area contributed by atoms with Gasteiger partial charge in [0.15, 0.2) is 12.4 Å². The van der Waals surface area contributed by atoms with Crippen LogP contribution in [0, 0.1) is 6.92 Å². The highest BCUT2D eigenvalue weighted by atomic mass is 16.6. The van der Waals surface area contributed by atoms with E-state index in [0.29, 0.717) is 22.6 Å². The number of methoxy groups -OCH3 is 1. The molecular formula is C25H25NO6. The zero-order chi connectivity index (χ0) is 23.0. The van der Waals surface area contributed by atoms with E-state index in [0.717, 1.165) is 22.2 Å². The molecule has 3 aromatic rings. The summed E-state index contributed by atoms with van der Waals surface area (Å²) in [4.78, 5) is 24.8. The van der Waals surface area contributed by atoms with Crippen molar-refractivity contribution in [2.24, 2.45) is 7.05 Å². The van der Waals surface area contributed by atoms with Gasteiger partial charge in [-0.05, 0) is 57.2 Å². The number of nitrogens with zero attached hydrogens (tertiary/aromatic N) is 1. The van der Waals surface area contributed by atoms with Gasteiger partial charge in [-0.25, -0.2) is 4.79 Å². The Morgan fingerprint density at radius 2 is 2.00 bits per heavy atom. The van der Waals surface area contributed by atoms with Gasteiger partial charge in [-0.3, -0.25) is 4.79 Å². The first kappa shape index (κ1) is 21.5. The van der Waals surface area contributed by atoms with Crippen LogP contribution < -0.4 is 14.2 Å². The molecule has 32 heavy (non-hydrogen) atoms. The topological polar surface area (TPSA) is 76.0 Å². The number of carbonyl (C=O) groups excluding carboxylic acids is 2. The average Bonchev–Trinajstić information content (AvgIpc) is 3.24. The third kappa shape index (κ3) is 3.93. The minimum Gasteiger partial charge on any atom is -0.497 e. The Kier molecular flexibility index (Phi) is 5.65. The number of ketones is 1. The van der Waals surface area contributed by atoms with Crippen LogP contribution in [0.2, 0.25) is 0 Å². The van der Waals surface area contributed by atoms with Crippen LogP contribution in [-0.2, 0) is 16.6 Å². The third-order valence-electron chi connectivity index (χ3n) is 5.26. The minimum atomic E-state index is -0.455. The Hall–Kier alpha value is -3.74. The normalized spacial score (nSPS) is 14.1. The van der Waals surface area contributed by atoms with E-state index < -0.39 is 5.97 Å². The number of aromatic nitrogens is 1. The maximum atomic E-state index is 13.0. The van der Waals surface area contributed by atoms with Crippen LogP contribution in [0.15, 0.2) is 42.3 Å². The number of rotatable bonds is 6. The summed E-state index contributed by atoms with van der Waals surface area (Å²) in [5.74, 6) is 1.22. The molecule has 0 amide bonds. The summed E-state index contributed by atoms with van der Waals surface area (Å²) in [7, 11) is 3.56. The molecule has 0 bridgehead atoms. The summed E-state index contributed by atoms with van der Waals surface area (Å²) in [6.45, 7) is 5.13.